The molecular formula is C12H12ClN5OS2. The molecule has 0 spiro atoms. The fraction of sp³-hybridized carbons (Fsp3) is 0.167. The zero-order chi connectivity index (χ0) is 15.1. The van der Waals surface area contributed by atoms with Crippen LogP contribution in [0.2, 0.25) is 5.02 Å². The van der Waals surface area contributed by atoms with Crippen LogP contribution in [0.15, 0.2) is 35.3 Å². The molecule has 9 heteroatoms. The highest BCUT2D eigenvalue weighted by atomic mass is 35.5. The van der Waals surface area contributed by atoms with Crippen molar-refractivity contribution in [1.29, 1.82) is 0 Å². The quantitative estimate of drug-likeness (QED) is 0.595. The molecule has 0 aliphatic heterocycles. The molecule has 110 valence electrons. The number of carbonyl (C=O) groups excluding carboxylic acids is 1. The zero-order valence-corrected chi connectivity index (χ0v) is 13.3. The largest absolute Gasteiger partial charge is 0.357 e. The number of carbonyl (C=O) groups is 1. The van der Waals surface area contributed by atoms with Crippen LogP contribution in [0.5, 0.6) is 0 Å². The number of pyridine rings is 1. The third-order valence-corrected chi connectivity index (χ3v) is 4.36. The molecule has 0 aromatic carbocycles. The molecule has 21 heavy (non-hydrogen) atoms. The fourth-order valence-corrected chi connectivity index (χ4v) is 2.93. The molecule has 0 saturated carbocycles. The van der Waals surface area contributed by atoms with E-state index in [0.29, 0.717) is 22.5 Å². The Hall–Kier alpha value is -1.64. The lowest BCUT2D eigenvalue weighted by Gasteiger charge is -2.02. The Kier molecular flexibility index (Phi) is 5.97. The average Bonchev–Trinajstić information content (AvgIpc) is 2.93. The first-order valence-corrected chi connectivity index (χ1v) is 8.08. The molecule has 2 N–H and O–H groups in total. The molecule has 6 nitrogen and oxygen atoms in total. The number of hydrogen-bond acceptors (Lipinski definition) is 7. The number of nitrogens with zero attached hydrogens (tertiary/aromatic N) is 3. The van der Waals surface area contributed by atoms with Gasteiger partial charge in [0.2, 0.25) is 11.0 Å². The predicted octanol–water partition coefficient (Wildman–Crippen LogP) is 2.92. The predicted molar refractivity (Wildman–Crippen MR) is 87.2 cm³/mol. The summed E-state index contributed by atoms with van der Waals surface area (Å²) in [6.07, 6.45) is 3.22. The second-order valence-electron chi connectivity index (χ2n) is 3.74. The molecule has 1 amide bonds. The maximum atomic E-state index is 11.8. The average molecular weight is 342 g/mol. The van der Waals surface area contributed by atoms with Gasteiger partial charge in [-0.25, -0.2) is 4.98 Å². The summed E-state index contributed by atoms with van der Waals surface area (Å²) in [5, 5.41) is 14.9. The van der Waals surface area contributed by atoms with Crippen molar-refractivity contribution in [3.8, 4) is 0 Å². The summed E-state index contributed by atoms with van der Waals surface area (Å²) in [5.74, 6) is 0.543. The SMILES string of the molecule is C=CCNc1nnc(SCC(=O)Nc2ccc(Cl)cn2)s1. The van der Waals surface area contributed by atoms with Gasteiger partial charge in [-0.15, -0.1) is 16.8 Å². The minimum Gasteiger partial charge on any atom is -0.357 e. The molecule has 0 saturated heterocycles. The van der Waals surface area contributed by atoms with Crippen LogP contribution in [0.3, 0.4) is 0 Å². The maximum absolute atomic E-state index is 11.8. The van der Waals surface area contributed by atoms with Crippen LogP contribution >= 0.6 is 34.7 Å². The molecule has 2 rings (SSSR count). The Bertz CT molecular complexity index is 616. The van der Waals surface area contributed by atoms with Gasteiger partial charge in [-0.05, 0) is 12.1 Å². The first-order chi connectivity index (χ1) is 10.2. The highest BCUT2D eigenvalue weighted by molar-refractivity contribution is 8.01. The standard InChI is InChI=1S/C12H12ClN5OS2/c1-2-5-14-11-17-18-12(21-11)20-7-10(19)16-9-4-3-8(13)6-15-9/h2-4,6H,1,5,7H2,(H,14,17)(H,15,16,19). The topological polar surface area (TPSA) is 79.8 Å². The number of anilines is 2. The lowest BCUT2D eigenvalue weighted by molar-refractivity contribution is -0.113. The van der Waals surface area contributed by atoms with E-state index < -0.39 is 0 Å². The summed E-state index contributed by atoms with van der Waals surface area (Å²) in [7, 11) is 0. The van der Waals surface area contributed by atoms with Crippen molar-refractivity contribution in [2.75, 3.05) is 22.9 Å². The number of hydrogen-bond donors (Lipinski definition) is 2. The Labute approximate surface area is 135 Å². The van der Waals surface area contributed by atoms with Crippen LogP contribution in [0.1, 0.15) is 0 Å². The Morgan fingerprint density at radius 2 is 2.33 bits per heavy atom. The van der Waals surface area contributed by atoms with Gasteiger partial charge in [-0.2, -0.15) is 0 Å². The van der Waals surface area contributed by atoms with Gasteiger partial charge in [-0.3, -0.25) is 4.79 Å². The van der Waals surface area contributed by atoms with Crippen molar-refractivity contribution in [1.82, 2.24) is 15.2 Å². The van der Waals surface area contributed by atoms with Crippen LogP contribution in [0.4, 0.5) is 10.9 Å². The van der Waals surface area contributed by atoms with E-state index in [1.165, 1.54) is 29.3 Å². The molecule has 0 atom stereocenters. The van der Waals surface area contributed by atoms with E-state index in [-0.39, 0.29) is 11.7 Å². The van der Waals surface area contributed by atoms with E-state index >= 15 is 0 Å². The summed E-state index contributed by atoms with van der Waals surface area (Å²) in [6, 6.07) is 3.31. The molecule has 0 fully saturated rings. The van der Waals surface area contributed by atoms with Crippen LogP contribution in [0, 0.1) is 0 Å². The van der Waals surface area contributed by atoms with E-state index in [4.69, 9.17) is 11.6 Å². The number of amides is 1. The third-order valence-electron chi connectivity index (χ3n) is 2.13. The van der Waals surface area contributed by atoms with Crippen LogP contribution in [-0.4, -0.2) is 33.4 Å². The first kappa shape index (κ1) is 15.7. The van der Waals surface area contributed by atoms with Gasteiger partial charge in [0.15, 0.2) is 4.34 Å². The Balaban J connectivity index is 1.79. The molecule has 2 heterocycles. The van der Waals surface area contributed by atoms with Gasteiger partial charge < -0.3 is 10.6 Å². The van der Waals surface area contributed by atoms with Crippen molar-refractivity contribution < 1.29 is 4.79 Å². The zero-order valence-electron chi connectivity index (χ0n) is 10.9. The smallest absolute Gasteiger partial charge is 0.235 e. The fourth-order valence-electron chi connectivity index (χ4n) is 1.25. The van der Waals surface area contributed by atoms with Crippen LogP contribution in [-0.2, 0) is 4.79 Å². The van der Waals surface area contributed by atoms with Gasteiger partial charge >= 0.3 is 0 Å². The lowest BCUT2D eigenvalue weighted by atomic mass is 10.4. The lowest BCUT2D eigenvalue weighted by Crippen LogP contribution is -2.14. The first-order valence-electron chi connectivity index (χ1n) is 5.90. The van der Waals surface area contributed by atoms with Gasteiger partial charge in [0.05, 0.1) is 10.8 Å². The van der Waals surface area contributed by atoms with E-state index in [1.807, 2.05) is 0 Å². The third kappa shape index (κ3) is 5.33. The summed E-state index contributed by atoms with van der Waals surface area (Å²) in [4.78, 5) is 15.8. The van der Waals surface area contributed by atoms with Crippen LogP contribution in [0.25, 0.3) is 0 Å². The van der Waals surface area contributed by atoms with Gasteiger partial charge in [0, 0.05) is 12.7 Å². The molecule has 0 radical (unpaired) electrons. The summed E-state index contributed by atoms with van der Waals surface area (Å²) >= 11 is 8.43. The molecule has 0 bridgehead atoms. The molecule has 2 aromatic heterocycles. The van der Waals surface area contributed by atoms with Gasteiger partial charge in [0.1, 0.15) is 5.82 Å². The maximum Gasteiger partial charge on any atom is 0.235 e. The monoisotopic (exact) mass is 341 g/mol. The number of halogens is 1. The number of nitrogens with one attached hydrogen (secondary N) is 2. The van der Waals surface area contributed by atoms with Crippen molar-refractivity contribution in [2.24, 2.45) is 0 Å². The van der Waals surface area contributed by atoms with Crippen LogP contribution < -0.4 is 10.6 Å². The highest BCUT2D eigenvalue weighted by Crippen LogP contribution is 2.25. The Morgan fingerprint density at radius 1 is 1.48 bits per heavy atom. The summed E-state index contributed by atoms with van der Waals surface area (Å²) in [5.41, 5.74) is 0. The second-order valence-corrected chi connectivity index (χ2v) is 6.38. The Morgan fingerprint density at radius 3 is 3.05 bits per heavy atom. The normalized spacial score (nSPS) is 10.1. The van der Waals surface area contributed by atoms with E-state index in [0.717, 1.165) is 4.34 Å². The highest BCUT2D eigenvalue weighted by Gasteiger charge is 2.08. The summed E-state index contributed by atoms with van der Waals surface area (Å²) in [6.45, 7) is 4.24. The number of rotatable bonds is 7. The van der Waals surface area contributed by atoms with Crippen molar-refractivity contribution >= 4 is 51.6 Å². The van der Waals surface area contributed by atoms with Crippen molar-refractivity contribution in [3.63, 3.8) is 0 Å². The van der Waals surface area contributed by atoms with Gasteiger partial charge in [0.25, 0.3) is 0 Å². The minimum atomic E-state index is -0.161. The number of thioether (sulfide) groups is 1. The molecular weight excluding hydrogens is 330 g/mol. The number of aromatic nitrogens is 3. The molecule has 2 aromatic rings. The van der Waals surface area contributed by atoms with E-state index in [2.05, 4.69) is 32.4 Å². The molecule has 0 unspecified atom stereocenters. The summed E-state index contributed by atoms with van der Waals surface area (Å²) < 4.78 is 0.723. The van der Waals surface area contributed by atoms with Crippen molar-refractivity contribution in [2.45, 2.75) is 4.34 Å². The molecule has 0 aliphatic rings. The van der Waals surface area contributed by atoms with Crippen molar-refractivity contribution in [3.05, 3.63) is 36.0 Å². The minimum absolute atomic E-state index is 0.161. The van der Waals surface area contributed by atoms with Gasteiger partial charge in [-0.1, -0.05) is 40.8 Å². The van der Waals surface area contributed by atoms with E-state index in [9.17, 15) is 4.79 Å². The second kappa shape index (κ2) is 7.96. The van der Waals surface area contributed by atoms with E-state index in [1.54, 1.807) is 18.2 Å². The molecule has 0 aliphatic carbocycles.